The highest BCUT2D eigenvalue weighted by Gasteiger charge is 2.27. The van der Waals surface area contributed by atoms with E-state index in [2.05, 4.69) is 37.4 Å². The maximum atomic E-state index is 12.5. The Morgan fingerprint density at radius 1 is 1.05 bits per heavy atom. The summed E-state index contributed by atoms with van der Waals surface area (Å²) in [5.41, 5.74) is 8.80. The van der Waals surface area contributed by atoms with Crippen molar-refractivity contribution in [3.05, 3.63) is 61.3 Å². The largest absolute Gasteiger partial charge is 0.494 e. The van der Waals surface area contributed by atoms with Gasteiger partial charge in [0.2, 0.25) is 11.9 Å². The minimum absolute atomic E-state index is 0.302. The van der Waals surface area contributed by atoms with E-state index in [4.69, 9.17) is 15.2 Å². The van der Waals surface area contributed by atoms with Crippen molar-refractivity contribution in [2.45, 2.75) is 26.4 Å². The van der Waals surface area contributed by atoms with Gasteiger partial charge in [0.25, 0.3) is 0 Å². The van der Waals surface area contributed by atoms with Crippen LogP contribution in [0.2, 0.25) is 0 Å². The van der Waals surface area contributed by atoms with Gasteiger partial charge in [0.1, 0.15) is 17.0 Å². The first kappa shape index (κ1) is 29.0. The van der Waals surface area contributed by atoms with E-state index in [1.165, 1.54) is 12.3 Å². The van der Waals surface area contributed by atoms with Gasteiger partial charge in [0, 0.05) is 37.6 Å². The summed E-state index contributed by atoms with van der Waals surface area (Å²) in [6.45, 7) is 11.3. The van der Waals surface area contributed by atoms with Gasteiger partial charge in [-0.1, -0.05) is 18.7 Å². The van der Waals surface area contributed by atoms with Crippen LogP contribution in [0.3, 0.4) is 0 Å². The summed E-state index contributed by atoms with van der Waals surface area (Å²) in [7, 11) is 1.60. The van der Waals surface area contributed by atoms with Crippen molar-refractivity contribution in [3.63, 3.8) is 0 Å². The summed E-state index contributed by atoms with van der Waals surface area (Å²) < 4.78 is 11.2. The van der Waals surface area contributed by atoms with Crippen LogP contribution in [0.4, 0.5) is 45.0 Å². The minimum Gasteiger partial charge on any atom is -0.494 e. The van der Waals surface area contributed by atoms with Gasteiger partial charge < -0.3 is 41.0 Å². The molecule has 1 aromatic heterocycles. The van der Waals surface area contributed by atoms with Crippen LogP contribution in [0.25, 0.3) is 0 Å². The average Bonchev–Trinajstić information content (AvgIpc) is 2.94. The van der Waals surface area contributed by atoms with Gasteiger partial charge in [-0.05, 0) is 57.2 Å². The first-order valence-electron chi connectivity index (χ1n) is 13.2. The molecule has 216 valence electrons. The number of para-hydroxylation sites is 1. The smallest absolute Gasteiger partial charge is 0.410 e. The number of ether oxygens (including phenoxy) is 2. The number of nitrogens with one attached hydrogen (secondary N) is 3. The number of nitrogen functional groups attached to an aromatic ring is 1. The molecule has 0 unspecified atom stereocenters. The van der Waals surface area contributed by atoms with Crippen LogP contribution in [-0.4, -0.2) is 65.8 Å². The second-order valence-corrected chi connectivity index (χ2v) is 10.3. The predicted molar refractivity (Wildman–Crippen MR) is 161 cm³/mol. The average molecular weight is 561 g/mol. The molecule has 1 saturated heterocycles. The Bertz CT molecular complexity index is 1410. The zero-order valence-corrected chi connectivity index (χ0v) is 23.7. The topological polar surface area (TPSA) is 147 Å². The van der Waals surface area contributed by atoms with Crippen molar-refractivity contribution in [2.75, 3.05) is 59.9 Å². The van der Waals surface area contributed by atoms with Gasteiger partial charge in [-0.3, -0.25) is 4.79 Å². The van der Waals surface area contributed by atoms with Crippen LogP contribution in [0.15, 0.2) is 61.3 Å². The minimum atomic E-state index is -0.546. The first-order chi connectivity index (χ1) is 19.6. The maximum Gasteiger partial charge on any atom is 0.410 e. The number of piperazine rings is 1. The Labute approximate surface area is 239 Å². The molecular formula is C29H36N8O4. The Balaban J connectivity index is 1.53. The Morgan fingerprint density at radius 2 is 1.76 bits per heavy atom. The Morgan fingerprint density at radius 3 is 2.44 bits per heavy atom. The number of methoxy groups -OCH3 is 1. The molecule has 1 aliphatic heterocycles. The normalized spacial score (nSPS) is 13.3. The van der Waals surface area contributed by atoms with Crippen LogP contribution < -0.4 is 31.3 Å². The Kier molecular flexibility index (Phi) is 8.81. The number of rotatable bonds is 8. The number of amides is 2. The van der Waals surface area contributed by atoms with Crippen molar-refractivity contribution in [3.8, 4) is 5.75 Å². The van der Waals surface area contributed by atoms with Gasteiger partial charge in [0.15, 0.2) is 5.82 Å². The molecule has 12 heteroatoms. The molecule has 5 N–H and O–H groups in total. The van der Waals surface area contributed by atoms with E-state index in [0.717, 1.165) is 5.69 Å². The van der Waals surface area contributed by atoms with Gasteiger partial charge in [-0.25, -0.2) is 9.78 Å². The van der Waals surface area contributed by atoms with E-state index in [-0.39, 0.29) is 12.0 Å². The molecule has 2 amide bonds. The van der Waals surface area contributed by atoms with Crippen LogP contribution in [0, 0.1) is 0 Å². The molecule has 2 heterocycles. The van der Waals surface area contributed by atoms with E-state index in [9.17, 15) is 9.59 Å². The lowest BCUT2D eigenvalue weighted by atomic mass is 10.2. The monoisotopic (exact) mass is 560 g/mol. The van der Waals surface area contributed by atoms with Gasteiger partial charge >= 0.3 is 6.09 Å². The van der Waals surface area contributed by atoms with Gasteiger partial charge in [0.05, 0.1) is 24.7 Å². The van der Waals surface area contributed by atoms with Crippen LogP contribution in [0.5, 0.6) is 5.75 Å². The van der Waals surface area contributed by atoms with Crippen LogP contribution >= 0.6 is 0 Å². The summed E-state index contributed by atoms with van der Waals surface area (Å²) >= 11 is 0. The summed E-state index contributed by atoms with van der Waals surface area (Å²) in [4.78, 5) is 37.1. The van der Waals surface area contributed by atoms with E-state index in [1.54, 1.807) is 30.2 Å². The van der Waals surface area contributed by atoms with E-state index in [0.29, 0.717) is 66.4 Å². The number of nitrogens with zero attached hydrogens (tertiary/aromatic N) is 4. The fourth-order valence-corrected chi connectivity index (χ4v) is 4.20. The molecule has 3 aromatic rings. The number of carbonyl (C=O) groups excluding carboxylic acids is 2. The summed E-state index contributed by atoms with van der Waals surface area (Å²) in [6.07, 6.45) is 2.40. The van der Waals surface area contributed by atoms with E-state index < -0.39 is 5.60 Å². The fourth-order valence-electron chi connectivity index (χ4n) is 4.20. The quantitative estimate of drug-likeness (QED) is 0.285. The molecule has 0 radical (unpaired) electrons. The first-order valence-corrected chi connectivity index (χ1v) is 13.2. The molecule has 4 rings (SSSR count). The molecule has 0 spiro atoms. The number of anilines is 7. The summed E-state index contributed by atoms with van der Waals surface area (Å²) in [5.74, 6) is 0.986. The Hall–Kier alpha value is -5.00. The van der Waals surface area contributed by atoms with Gasteiger partial charge in [-0.2, -0.15) is 4.98 Å². The van der Waals surface area contributed by atoms with E-state index in [1.807, 2.05) is 45.0 Å². The molecule has 1 fully saturated rings. The number of hydrogen-bond donors (Lipinski definition) is 4. The number of benzene rings is 2. The van der Waals surface area contributed by atoms with Crippen molar-refractivity contribution in [2.24, 2.45) is 0 Å². The third-order valence-electron chi connectivity index (χ3n) is 6.13. The van der Waals surface area contributed by atoms with Crippen molar-refractivity contribution in [1.29, 1.82) is 0 Å². The second-order valence-electron chi connectivity index (χ2n) is 10.3. The van der Waals surface area contributed by atoms with Crippen molar-refractivity contribution in [1.82, 2.24) is 14.9 Å². The molecular weight excluding hydrogens is 524 g/mol. The lowest BCUT2D eigenvalue weighted by Crippen LogP contribution is -2.50. The molecule has 0 bridgehead atoms. The van der Waals surface area contributed by atoms with Crippen LogP contribution in [-0.2, 0) is 9.53 Å². The highest BCUT2D eigenvalue weighted by molar-refractivity contribution is 5.99. The molecule has 41 heavy (non-hydrogen) atoms. The molecule has 0 saturated carbocycles. The number of hydrogen-bond acceptors (Lipinski definition) is 10. The zero-order chi connectivity index (χ0) is 29.6. The number of carbonyl (C=O) groups is 2. The lowest BCUT2D eigenvalue weighted by Gasteiger charge is -2.37. The molecule has 1 aliphatic rings. The lowest BCUT2D eigenvalue weighted by molar-refractivity contribution is -0.111. The molecule has 0 aliphatic carbocycles. The molecule has 0 atom stereocenters. The maximum absolute atomic E-state index is 12.5. The third kappa shape index (κ3) is 7.56. The van der Waals surface area contributed by atoms with Crippen molar-refractivity contribution >= 4 is 52.2 Å². The summed E-state index contributed by atoms with van der Waals surface area (Å²) in [5, 5.41) is 9.20. The second kappa shape index (κ2) is 12.5. The van der Waals surface area contributed by atoms with E-state index >= 15 is 0 Å². The number of aromatic nitrogens is 2. The molecule has 12 nitrogen and oxygen atoms in total. The standard InChI is InChI=1S/C29H36N8O4/c1-6-24(38)32-19-9-7-10-20(17-19)33-26-21(30)18-31-27(35-26)34-25-22(11-8-12-23(25)40-5)36-13-15-37(16-14-36)28(39)41-29(2,3)4/h6-12,17-18H,1,13-16,30H2,2-5H3,(H,32,38)(H2,31,33,34,35). The third-order valence-corrected chi connectivity index (χ3v) is 6.13. The predicted octanol–water partition coefficient (Wildman–Crippen LogP) is 4.74. The van der Waals surface area contributed by atoms with Crippen molar-refractivity contribution < 1.29 is 19.1 Å². The highest BCUT2D eigenvalue weighted by Crippen LogP contribution is 2.37. The van der Waals surface area contributed by atoms with Crippen LogP contribution in [0.1, 0.15) is 20.8 Å². The SMILES string of the molecule is C=CC(=O)Nc1cccc(Nc2nc(Nc3c(OC)cccc3N3CCN(C(=O)OC(C)(C)C)CC3)ncc2N)c1. The summed E-state index contributed by atoms with van der Waals surface area (Å²) in [6, 6.07) is 12.9. The zero-order valence-electron chi connectivity index (χ0n) is 23.7. The van der Waals surface area contributed by atoms with Gasteiger partial charge in [-0.15, -0.1) is 0 Å². The highest BCUT2D eigenvalue weighted by atomic mass is 16.6. The molecule has 2 aromatic carbocycles. The fraction of sp³-hybridized carbons (Fsp3) is 0.310. The number of nitrogens with two attached hydrogens (primary N) is 1.